The Morgan fingerprint density at radius 2 is 1.20 bits per heavy atom. The monoisotopic (exact) mass is 207 g/mol. The van der Waals surface area contributed by atoms with Crippen molar-refractivity contribution in [3.63, 3.8) is 0 Å². The molecular formula is C15H27. The van der Waals surface area contributed by atoms with Gasteiger partial charge in [-0.05, 0) is 31.1 Å². The normalized spacial score (nSPS) is 27.2. The molecule has 0 aliphatic heterocycles. The third kappa shape index (κ3) is 4.17. The molecule has 1 radical (unpaired) electrons. The van der Waals surface area contributed by atoms with Crippen molar-refractivity contribution in [2.24, 2.45) is 5.92 Å². The highest BCUT2D eigenvalue weighted by Gasteiger charge is 2.19. The molecule has 0 unspecified atom stereocenters. The topological polar surface area (TPSA) is 0 Å². The van der Waals surface area contributed by atoms with Crippen LogP contribution in [-0.2, 0) is 0 Å². The Labute approximate surface area is 95.8 Å². The SMILES string of the molecule is C1CCC[C](CC2CCCCC2)CCC1. The lowest BCUT2D eigenvalue weighted by atomic mass is 9.79. The molecule has 0 saturated heterocycles. The van der Waals surface area contributed by atoms with Crippen molar-refractivity contribution in [1.29, 1.82) is 0 Å². The minimum atomic E-state index is 1.08. The smallest absolute Gasteiger partial charge is 0.0238 e. The fourth-order valence-electron chi connectivity index (χ4n) is 3.41. The van der Waals surface area contributed by atoms with Gasteiger partial charge in [-0.3, -0.25) is 0 Å². The van der Waals surface area contributed by atoms with Gasteiger partial charge in [-0.25, -0.2) is 0 Å². The summed E-state index contributed by atoms with van der Waals surface area (Å²) in [5.41, 5.74) is 0. The predicted molar refractivity (Wildman–Crippen MR) is 66.8 cm³/mol. The molecule has 0 amide bonds. The lowest BCUT2D eigenvalue weighted by molar-refractivity contribution is 0.329. The van der Waals surface area contributed by atoms with Crippen molar-refractivity contribution in [3.05, 3.63) is 5.92 Å². The molecule has 2 saturated carbocycles. The minimum absolute atomic E-state index is 1.08. The van der Waals surface area contributed by atoms with Crippen molar-refractivity contribution in [2.45, 2.75) is 83.5 Å². The largest absolute Gasteiger partial charge is 0.0533 e. The third-order valence-electron chi connectivity index (χ3n) is 4.36. The van der Waals surface area contributed by atoms with Gasteiger partial charge in [0.15, 0.2) is 0 Å². The van der Waals surface area contributed by atoms with E-state index in [9.17, 15) is 0 Å². The molecule has 0 aromatic heterocycles. The van der Waals surface area contributed by atoms with Crippen molar-refractivity contribution in [1.82, 2.24) is 0 Å². The van der Waals surface area contributed by atoms with Gasteiger partial charge in [0.05, 0.1) is 0 Å². The summed E-state index contributed by atoms with van der Waals surface area (Å²) in [6, 6.07) is 0. The van der Waals surface area contributed by atoms with Gasteiger partial charge < -0.3 is 0 Å². The van der Waals surface area contributed by atoms with Crippen LogP contribution in [0.15, 0.2) is 0 Å². The highest BCUT2D eigenvalue weighted by Crippen LogP contribution is 2.35. The average molecular weight is 207 g/mol. The lowest BCUT2D eigenvalue weighted by Crippen LogP contribution is -2.12. The number of hydrogen-bond acceptors (Lipinski definition) is 0. The molecule has 2 rings (SSSR count). The van der Waals surface area contributed by atoms with Crippen LogP contribution >= 0.6 is 0 Å². The predicted octanol–water partition coefficient (Wildman–Crippen LogP) is 5.28. The van der Waals surface area contributed by atoms with Crippen LogP contribution in [0.2, 0.25) is 0 Å². The molecule has 0 atom stereocenters. The van der Waals surface area contributed by atoms with E-state index in [0.29, 0.717) is 0 Å². The van der Waals surface area contributed by atoms with Gasteiger partial charge in [-0.15, -0.1) is 0 Å². The second kappa shape index (κ2) is 6.55. The maximum Gasteiger partial charge on any atom is -0.0238 e. The Hall–Kier alpha value is 0. The lowest BCUT2D eigenvalue weighted by Gasteiger charge is -2.27. The summed E-state index contributed by atoms with van der Waals surface area (Å²) in [6.07, 6.45) is 19.5. The van der Waals surface area contributed by atoms with Crippen LogP contribution in [0.3, 0.4) is 0 Å². The molecule has 0 bridgehead atoms. The summed E-state index contributed by atoms with van der Waals surface area (Å²) in [4.78, 5) is 0. The van der Waals surface area contributed by atoms with E-state index < -0.39 is 0 Å². The average Bonchev–Trinajstić information content (AvgIpc) is 2.23. The standard InChI is InChI=1S/C15H27/c1-2-5-9-14(10-6-3-1)13-15-11-7-4-8-12-15/h15H,1-13H2. The maximum atomic E-state index is 1.93. The molecule has 0 heterocycles. The summed E-state index contributed by atoms with van der Waals surface area (Å²) < 4.78 is 0. The van der Waals surface area contributed by atoms with Gasteiger partial charge in [0.25, 0.3) is 0 Å². The molecule has 2 fully saturated rings. The third-order valence-corrected chi connectivity index (χ3v) is 4.36. The first-order chi connectivity index (χ1) is 7.45. The van der Waals surface area contributed by atoms with E-state index in [-0.39, 0.29) is 0 Å². The van der Waals surface area contributed by atoms with Crippen molar-refractivity contribution < 1.29 is 0 Å². The summed E-state index contributed by atoms with van der Waals surface area (Å²) in [7, 11) is 0. The van der Waals surface area contributed by atoms with Gasteiger partial charge in [-0.2, -0.15) is 0 Å². The molecule has 0 nitrogen and oxygen atoms in total. The van der Waals surface area contributed by atoms with Crippen molar-refractivity contribution >= 4 is 0 Å². The molecule has 0 spiro atoms. The Balaban J connectivity index is 1.70. The van der Waals surface area contributed by atoms with E-state index >= 15 is 0 Å². The summed E-state index contributed by atoms with van der Waals surface area (Å²) in [6.45, 7) is 0. The Bertz CT molecular complexity index is 147. The van der Waals surface area contributed by atoms with E-state index in [4.69, 9.17) is 0 Å². The van der Waals surface area contributed by atoms with Crippen LogP contribution in [0.1, 0.15) is 83.5 Å². The van der Waals surface area contributed by atoms with Gasteiger partial charge in [0.1, 0.15) is 0 Å². The van der Waals surface area contributed by atoms with E-state index in [0.717, 1.165) is 5.92 Å². The Morgan fingerprint density at radius 1 is 0.667 bits per heavy atom. The highest BCUT2D eigenvalue weighted by atomic mass is 14.2. The quantitative estimate of drug-likeness (QED) is 0.578. The second-order valence-electron chi connectivity index (χ2n) is 5.73. The van der Waals surface area contributed by atoms with Crippen molar-refractivity contribution in [2.75, 3.05) is 0 Å². The zero-order valence-electron chi connectivity index (χ0n) is 10.3. The van der Waals surface area contributed by atoms with E-state index in [1.54, 1.807) is 0 Å². The first kappa shape index (κ1) is 11.5. The van der Waals surface area contributed by atoms with Crippen LogP contribution < -0.4 is 0 Å². The summed E-state index contributed by atoms with van der Waals surface area (Å²) in [5, 5.41) is 0. The molecule has 2 aliphatic rings. The summed E-state index contributed by atoms with van der Waals surface area (Å²) >= 11 is 0. The van der Waals surface area contributed by atoms with Gasteiger partial charge in [-0.1, -0.05) is 64.2 Å². The van der Waals surface area contributed by atoms with Crippen LogP contribution in [0, 0.1) is 11.8 Å². The summed E-state index contributed by atoms with van der Waals surface area (Å²) in [5.74, 6) is 3.01. The minimum Gasteiger partial charge on any atom is -0.0533 e. The van der Waals surface area contributed by atoms with Crippen LogP contribution in [0.5, 0.6) is 0 Å². The number of hydrogen-bond donors (Lipinski definition) is 0. The van der Waals surface area contributed by atoms with Crippen LogP contribution in [0.4, 0.5) is 0 Å². The van der Waals surface area contributed by atoms with Gasteiger partial charge >= 0.3 is 0 Å². The molecular weight excluding hydrogens is 180 g/mol. The van der Waals surface area contributed by atoms with E-state index in [2.05, 4.69) is 0 Å². The molecule has 2 aliphatic carbocycles. The Morgan fingerprint density at radius 3 is 1.87 bits per heavy atom. The number of rotatable bonds is 2. The fourth-order valence-corrected chi connectivity index (χ4v) is 3.41. The molecule has 0 aromatic carbocycles. The maximum absolute atomic E-state index is 1.93. The molecule has 0 heteroatoms. The highest BCUT2D eigenvalue weighted by molar-refractivity contribution is 4.92. The van der Waals surface area contributed by atoms with Gasteiger partial charge in [0.2, 0.25) is 0 Å². The van der Waals surface area contributed by atoms with Crippen molar-refractivity contribution in [3.8, 4) is 0 Å². The fraction of sp³-hybridized carbons (Fsp3) is 0.933. The van der Waals surface area contributed by atoms with Gasteiger partial charge in [0, 0.05) is 0 Å². The van der Waals surface area contributed by atoms with E-state index in [1.165, 1.54) is 83.5 Å². The molecule has 15 heavy (non-hydrogen) atoms. The first-order valence-corrected chi connectivity index (χ1v) is 7.29. The molecule has 87 valence electrons. The second-order valence-corrected chi connectivity index (χ2v) is 5.73. The first-order valence-electron chi connectivity index (χ1n) is 7.29. The molecule has 0 aromatic rings. The molecule has 0 N–H and O–H groups in total. The Kier molecular flexibility index (Phi) is 5.02. The van der Waals surface area contributed by atoms with E-state index in [1.807, 2.05) is 5.92 Å². The zero-order chi connectivity index (χ0) is 10.3. The van der Waals surface area contributed by atoms with Crippen LogP contribution in [0.25, 0.3) is 0 Å². The zero-order valence-corrected chi connectivity index (χ0v) is 10.3. The van der Waals surface area contributed by atoms with Crippen LogP contribution in [-0.4, -0.2) is 0 Å².